The molecule has 0 fully saturated rings. The predicted octanol–water partition coefficient (Wildman–Crippen LogP) is 3.26. The van der Waals surface area contributed by atoms with E-state index in [1.165, 1.54) is 19.2 Å². The molecule has 0 atom stereocenters. The number of ether oxygens (including phenoxy) is 2. The number of carbonyl (C=O) groups is 2. The summed E-state index contributed by atoms with van der Waals surface area (Å²) < 4.78 is 9.96. The van der Waals surface area contributed by atoms with Crippen molar-refractivity contribution in [3.8, 4) is 17.2 Å². The van der Waals surface area contributed by atoms with Gasteiger partial charge in [0.05, 0.1) is 14.2 Å². The van der Waals surface area contributed by atoms with Crippen LogP contribution in [0.5, 0.6) is 17.2 Å². The monoisotopic (exact) mass is 314 g/mol. The van der Waals surface area contributed by atoms with Gasteiger partial charge in [0.15, 0.2) is 23.1 Å². The first-order chi connectivity index (χ1) is 11.0. The van der Waals surface area contributed by atoms with Crippen LogP contribution in [0.25, 0.3) is 0 Å². The largest absolute Gasteiger partial charge is 0.504 e. The number of benzene rings is 2. The molecule has 120 valence electrons. The van der Waals surface area contributed by atoms with E-state index in [2.05, 4.69) is 0 Å². The molecule has 0 aliphatic heterocycles. The van der Waals surface area contributed by atoms with Crippen LogP contribution in [0.3, 0.4) is 0 Å². The molecule has 23 heavy (non-hydrogen) atoms. The van der Waals surface area contributed by atoms with Crippen LogP contribution in [0.4, 0.5) is 0 Å². The van der Waals surface area contributed by atoms with Crippen molar-refractivity contribution in [2.45, 2.75) is 12.8 Å². The molecule has 0 spiro atoms. The van der Waals surface area contributed by atoms with Crippen LogP contribution in [0, 0.1) is 0 Å². The SMILES string of the molecule is COc1ccc(C(=O)CCC(=O)c2ccc(OC)c(O)c2)cc1. The Hall–Kier alpha value is -2.82. The fourth-order valence-corrected chi connectivity index (χ4v) is 2.16. The molecule has 0 saturated heterocycles. The molecule has 2 aromatic carbocycles. The zero-order chi connectivity index (χ0) is 16.8. The van der Waals surface area contributed by atoms with Crippen LogP contribution in [0.1, 0.15) is 33.6 Å². The quantitative estimate of drug-likeness (QED) is 0.794. The summed E-state index contributed by atoms with van der Waals surface area (Å²) in [5, 5.41) is 9.69. The summed E-state index contributed by atoms with van der Waals surface area (Å²) in [6.07, 6.45) is 0.189. The van der Waals surface area contributed by atoms with Gasteiger partial charge in [-0.1, -0.05) is 0 Å². The minimum Gasteiger partial charge on any atom is -0.504 e. The molecule has 0 heterocycles. The topological polar surface area (TPSA) is 72.8 Å². The number of methoxy groups -OCH3 is 2. The van der Waals surface area contributed by atoms with Crippen LogP contribution in [0.2, 0.25) is 0 Å². The van der Waals surface area contributed by atoms with Crippen LogP contribution in [0.15, 0.2) is 42.5 Å². The van der Waals surface area contributed by atoms with E-state index in [0.717, 1.165) is 0 Å². The average molecular weight is 314 g/mol. The van der Waals surface area contributed by atoms with Gasteiger partial charge in [-0.2, -0.15) is 0 Å². The highest BCUT2D eigenvalue weighted by Gasteiger charge is 2.13. The number of phenolic OH excluding ortho intramolecular Hbond substituents is 1. The van der Waals surface area contributed by atoms with Gasteiger partial charge in [-0.3, -0.25) is 9.59 Å². The van der Waals surface area contributed by atoms with Gasteiger partial charge in [-0.25, -0.2) is 0 Å². The lowest BCUT2D eigenvalue weighted by Crippen LogP contribution is -2.05. The Morgan fingerprint density at radius 3 is 1.96 bits per heavy atom. The molecular formula is C18H18O5. The molecule has 0 bridgehead atoms. The van der Waals surface area contributed by atoms with Gasteiger partial charge in [-0.15, -0.1) is 0 Å². The molecule has 5 heteroatoms. The lowest BCUT2D eigenvalue weighted by molar-refractivity contribution is 0.0917. The highest BCUT2D eigenvalue weighted by atomic mass is 16.5. The normalized spacial score (nSPS) is 10.2. The molecule has 0 aliphatic carbocycles. The Kier molecular flexibility index (Phi) is 5.36. The second kappa shape index (κ2) is 7.45. The molecular weight excluding hydrogens is 296 g/mol. The maximum atomic E-state index is 12.1. The van der Waals surface area contributed by atoms with Crippen LogP contribution < -0.4 is 9.47 Å². The maximum absolute atomic E-state index is 12.1. The molecule has 0 saturated carbocycles. The number of rotatable bonds is 7. The van der Waals surface area contributed by atoms with E-state index in [0.29, 0.717) is 22.6 Å². The van der Waals surface area contributed by atoms with Gasteiger partial charge in [0.1, 0.15) is 5.75 Å². The third kappa shape index (κ3) is 4.10. The maximum Gasteiger partial charge on any atom is 0.163 e. The Balaban J connectivity index is 1.97. The van der Waals surface area contributed by atoms with Gasteiger partial charge in [-0.05, 0) is 42.5 Å². The Morgan fingerprint density at radius 1 is 0.870 bits per heavy atom. The van der Waals surface area contributed by atoms with Crippen molar-refractivity contribution in [3.63, 3.8) is 0 Å². The standard InChI is InChI=1S/C18H18O5/c1-22-14-6-3-12(4-7-14)15(19)8-9-16(20)13-5-10-18(23-2)17(21)11-13/h3-7,10-11,21H,8-9H2,1-2H3. The van der Waals surface area contributed by atoms with E-state index in [-0.39, 0.29) is 30.2 Å². The van der Waals surface area contributed by atoms with Gasteiger partial charge in [0, 0.05) is 24.0 Å². The molecule has 2 rings (SSSR count). The number of phenols is 1. The Labute approximate surface area is 134 Å². The van der Waals surface area contributed by atoms with Crippen molar-refractivity contribution in [2.75, 3.05) is 14.2 Å². The predicted molar refractivity (Wildman–Crippen MR) is 85.5 cm³/mol. The van der Waals surface area contributed by atoms with Crippen molar-refractivity contribution >= 4 is 11.6 Å². The molecule has 0 aromatic heterocycles. The molecule has 0 unspecified atom stereocenters. The second-order valence-electron chi connectivity index (χ2n) is 4.96. The first kappa shape index (κ1) is 16.5. The first-order valence-electron chi connectivity index (χ1n) is 7.12. The summed E-state index contributed by atoms with van der Waals surface area (Å²) >= 11 is 0. The van der Waals surface area contributed by atoms with Crippen molar-refractivity contribution < 1.29 is 24.2 Å². The first-order valence-corrected chi connectivity index (χ1v) is 7.12. The highest BCUT2D eigenvalue weighted by Crippen LogP contribution is 2.27. The lowest BCUT2D eigenvalue weighted by Gasteiger charge is -2.06. The van der Waals surface area contributed by atoms with E-state index in [9.17, 15) is 14.7 Å². The fraction of sp³-hybridized carbons (Fsp3) is 0.222. The van der Waals surface area contributed by atoms with E-state index >= 15 is 0 Å². The Morgan fingerprint density at radius 2 is 1.43 bits per heavy atom. The minimum atomic E-state index is -0.204. The summed E-state index contributed by atoms with van der Waals surface area (Å²) in [7, 11) is 2.99. The number of carbonyl (C=O) groups excluding carboxylic acids is 2. The molecule has 5 nitrogen and oxygen atoms in total. The van der Waals surface area contributed by atoms with Crippen molar-refractivity contribution in [1.82, 2.24) is 0 Å². The molecule has 1 N–H and O–H groups in total. The number of hydrogen-bond donors (Lipinski definition) is 1. The third-order valence-corrected chi connectivity index (χ3v) is 3.49. The van der Waals surface area contributed by atoms with Gasteiger partial charge in [0.25, 0.3) is 0 Å². The van der Waals surface area contributed by atoms with Crippen LogP contribution in [-0.4, -0.2) is 30.9 Å². The van der Waals surface area contributed by atoms with E-state index in [4.69, 9.17) is 9.47 Å². The number of aromatic hydroxyl groups is 1. The summed E-state index contributed by atoms with van der Waals surface area (Å²) in [6, 6.07) is 11.2. The highest BCUT2D eigenvalue weighted by molar-refractivity contribution is 6.02. The smallest absolute Gasteiger partial charge is 0.163 e. The van der Waals surface area contributed by atoms with Gasteiger partial charge < -0.3 is 14.6 Å². The molecule has 0 amide bonds. The summed E-state index contributed by atoms with van der Waals surface area (Å²) in [6.45, 7) is 0. The van der Waals surface area contributed by atoms with Gasteiger partial charge >= 0.3 is 0 Å². The van der Waals surface area contributed by atoms with Crippen molar-refractivity contribution in [1.29, 1.82) is 0 Å². The zero-order valence-corrected chi connectivity index (χ0v) is 13.0. The fourth-order valence-electron chi connectivity index (χ4n) is 2.16. The van der Waals surface area contributed by atoms with E-state index in [1.54, 1.807) is 37.4 Å². The van der Waals surface area contributed by atoms with Crippen LogP contribution >= 0.6 is 0 Å². The zero-order valence-electron chi connectivity index (χ0n) is 13.0. The van der Waals surface area contributed by atoms with Crippen molar-refractivity contribution in [3.05, 3.63) is 53.6 Å². The summed E-state index contributed by atoms with van der Waals surface area (Å²) in [5.41, 5.74) is 0.891. The van der Waals surface area contributed by atoms with Crippen molar-refractivity contribution in [2.24, 2.45) is 0 Å². The second-order valence-corrected chi connectivity index (χ2v) is 4.96. The number of Topliss-reactive ketones (excluding diaryl/α,β-unsaturated/α-hetero) is 2. The van der Waals surface area contributed by atoms with E-state index < -0.39 is 0 Å². The van der Waals surface area contributed by atoms with E-state index in [1.807, 2.05) is 0 Å². The summed E-state index contributed by atoms with van der Waals surface area (Å²) in [5.74, 6) is 0.561. The number of ketones is 2. The van der Waals surface area contributed by atoms with Crippen LogP contribution in [-0.2, 0) is 0 Å². The molecule has 2 aromatic rings. The Bertz CT molecular complexity index is 704. The third-order valence-electron chi connectivity index (χ3n) is 3.49. The summed E-state index contributed by atoms with van der Waals surface area (Å²) in [4.78, 5) is 24.2. The molecule has 0 radical (unpaired) electrons. The number of hydrogen-bond acceptors (Lipinski definition) is 5. The minimum absolute atomic E-state index is 0.0800. The van der Waals surface area contributed by atoms with Gasteiger partial charge in [0.2, 0.25) is 0 Å². The lowest BCUT2D eigenvalue weighted by atomic mass is 10.0. The average Bonchev–Trinajstić information content (AvgIpc) is 2.59. The molecule has 0 aliphatic rings.